The second-order valence-corrected chi connectivity index (χ2v) is 5.06. The van der Waals surface area contributed by atoms with Crippen LogP contribution in [-0.2, 0) is 6.54 Å². The van der Waals surface area contributed by atoms with E-state index >= 15 is 0 Å². The molecule has 0 spiro atoms. The van der Waals surface area contributed by atoms with Crippen molar-refractivity contribution in [1.82, 2.24) is 9.47 Å². The molecule has 0 bridgehead atoms. The lowest BCUT2D eigenvalue weighted by Crippen LogP contribution is -2.23. The van der Waals surface area contributed by atoms with Gasteiger partial charge in [0.25, 0.3) is 5.69 Å². The van der Waals surface area contributed by atoms with Gasteiger partial charge in [0, 0.05) is 42.3 Å². The van der Waals surface area contributed by atoms with Crippen molar-refractivity contribution in [3.05, 3.63) is 40.6 Å². The van der Waals surface area contributed by atoms with Gasteiger partial charge in [0.15, 0.2) is 0 Å². The molecule has 0 aliphatic carbocycles. The van der Waals surface area contributed by atoms with Gasteiger partial charge in [-0.15, -0.1) is 0 Å². The summed E-state index contributed by atoms with van der Waals surface area (Å²) in [5, 5.41) is 11.7. The van der Waals surface area contributed by atoms with Gasteiger partial charge in [-0.2, -0.15) is 0 Å². The van der Waals surface area contributed by atoms with Crippen molar-refractivity contribution >= 4 is 16.6 Å². The van der Waals surface area contributed by atoms with E-state index in [0.717, 1.165) is 24.0 Å². The van der Waals surface area contributed by atoms with Gasteiger partial charge in [0.1, 0.15) is 0 Å². The number of hydrogen-bond acceptors (Lipinski definition) is 3. The van der Waals surface area contributed by atoms with E-state index in [4.69, 9.17) is 0 Å². The fraction of sp³-hybridized carbons (Fsp3) is 0.429. The molecule has 1 aliphatic rings. The van der Waals surface area contributed by atoms with Crippen LogP contribution < -0.4 is 0 Å². The molecule has 0 radical (unpaired) electrons. The molecule has 2 heterocycles. The van der Waals surface area contributed by atoms with E-state index in [-0.39, 0.29) is 10.6 Å². The third-order valence-corrected chi connectivity index (χ3v) is 3.82. The van der Waals surface area contributed by atoms with E-state index in [9.17, 15) is 10.1 Å². The lowest BCUT2D eigenvalue weighted by molar-refractivity contribution is -0.384. The van der Waals surface area contributed by atoms with E-state index in [0.29, 0.717) is 0 Å². The highest BCUT2D eigenvalue weighted by Crippen LogP contribution is 2.22. The summed E-state index contributed by atoms with van der Waals surface area (Å²) < 4.78 is 2.18. The standard InChI is InChI=1S/C14H17N3O2/c18-17(19)13-3-4-14-12(11-13)5-8-16(14)10-9-15-6-1-2-7-15/h3-5,8,11H,1-2,6-7,9-10H2. The third kappa shape index (κ3) is 2.46. The number of benzene rings is 1. The van der Waals surface area contributed by atoms with Crippen LogP contribution in [0.4, 0.5) is 5.69 Å². The van der Waals surface area contributed by atoms with Crippen molar-refractivity contribution in [1.29, 1.82) is 0 Å². The number of hydrogen-bond donors (Lipinski definition) is 0. The van der Waals surface area contributed by atoms with Crippen LogP contribution in [0.15, 0.2) is 30.5 Å². The lowest BCUT2D eigenvalue weighted by atomic mass is 10.2. The van der Waals surface area contributed by atoms with Crippen LogP contribution in [0.2, 0.25) is 0 Å². The van der Waals surface area contributed by atoms with Crippen LogP contribution >= 0.6 is 0 Å². The topological polar surface area (TPSA) is 51.3 Å². The van der Waals surface area contributed by atoms with Gasteiger partial charge in [-0.05, 0) is 38.1 Å². The Hall–Kier alpha value is -1.88. The molecule has 19 heavy (non-hydrogen) atoms. The normalized spacial score (nSPS) is 16.2. The minimum absolute atomic E-state index is 0.157. The second-order valence-electron chi connectivity index (χ2n) is 5.06. The Bertz CT molecular complexity index is 600. The van der Waals surface area contributed by atoms with Crippen LogP contribution in [0.25, 0.3) is 10.9 Å². The molecular formula is C14H17N3O2. The van der Waals surface area contributed by atoms with E-state index < -0.39 is 0 Å². The van der Waals surface area contributed by atoms with E-state index in [1.165, 1.54) is 25.9 Å². The Morgan fingerprint density at radius 3 is 2.68 bits per heavy atom. The minimum Gasteiger partial charge on any atom is -0.346 e. The Balaban J connectivity index is 1.78. The van der Waals surface area contributed by atoms with E-state index in [1.54, 1.807) is 12.1 Å². The van der Waals surface area contributed by atoms with Gasteiger partial charge in [0.2, 0.25) is 0 Å². The highest BCUT2D eigenvalue weighted by Gasteiger charge is 2.12. The lowest BCUT2D eigenvalue weighted by Gasteiger charge is -2.15. The largest absolute Gasteiger partial charge is 0.346 e. The molecule has 0 amide bonds. The van der Waals surface area contributed by atoms with Crippen LogP contribution in [0.1, 0.15) is 12.8 Å². The average Bonchev–Trinajstić information content (AvgIpc) is 3.05. The average molecular weight is 259 g/mol. The van der Waals surface area contributed by atoms with Crippen molar-refractivity contribution < 1.29 is 4.92 Å². The fourth-order valence-electron chi connectivity index (χ4n) is 2.75. The molecular weight excluding hydrogens is 242 g/mol. The summed E-state index contributed by atoms with van der Waals surface area (Å²) in [5.41, 5.74) is 1.23. The first-order chi connectivity index (χ1) is 9.24. The van der Waals surface area contributed by atoms with Gasteiger partial charge in [-0.25, -0.2) is 0 Å². The maximum atomic E-state index is 10.7. The quantitative estimate of drug-likeness (QED) is 0.626. The highest BCUT2D eigenvalue weighted by atomic mass is 16.6. The highest BCUT2D eigenvalue weighted by molar-refractivity contribution is 5.82. The summed E-state index contributed by atoms with van der Waals surface area (Å²) in [6, 6.07) is 7.01. The monoisotopic (exact) mass is 259 g/mol. The first-order valence-electron chi connectivity index (χ1n) is 6.70. The predicted molar refractivity (Wildman–Crippen MR) is 74.3 cm³/mol. The Labute approximate surface area is 111 Å². The van der Waals surface area contributed by atoms with Crippen LogP contribution in [0.3, 0.4) is 0 Å². The number of rotatable bonds is 4. The van der Waals surface area contributed by atoms with Gasteiger partial charge >= 0.3 is 0 Å². The van der Waals surface area contributed by atoms with E-state index in [2.05, 4.69) is 9.47 Å². The molecule has 3 rings (SSSR count). The summed E-state index contributed by atoms with van der Waals surface area (Å²) in [6.45, 7) is 4.40. The molecule has 1 aromatic carbocycles. The zero-order chi connectivity index (χ0) is 13.2. The number of aromatic nitrogens is 1. The summed E-state index contributed by atoms with van der Waals surface area (Å²) in [6.07, 6.45) is 4.63. The summed E-state index contributed by atoms with van der Waals surface area (Å²) in [4.78, 5) is 12.9. The second kappa shape index (κ2) is 5.01. The van der Waals surface area contributed by atoms with Crippen LogP contribution in [-0.4, -0.2) is 34.0 Å². The van der Waals surface area contributed by atoms with Gasteiger partial charge in [-0.1, -0.05) is 0 Å². The summed E-state index contributed by atoms with van der Waals surface area (Å²) in [7, 11) is 0. The van der Waals surface area contributed by atoms with E-state index in [1.807, 2.05) is 18.3 Å². The molecule has 0 unspecified atom stereocenters. The molecule has 0 atom stereocenters. The first kappa shape index (κ1) is 12.2. The molecule has 1 saturated heterocycles. The van der Waals surface area contributed by atoms with Crippen molar-refractivity contribution in [3.63, 3.8) is 0 Å². The predicted octanol–water partition coefficient (Wildman–Crippen LogP) is 2.65. The molecule has 2 aromatic rings. The number of likely N-dealkylation sites (tertiary alicyclic amines) is 1. The number of nitro groups is 1. The Kier molecular flexibility index (Phi) is 3.21. The Morgan fingerprint density at radius 1 is 1.16 bits per heavy atom. The van der Waals surface area contributed by atoms with Gasteiger partial charge in [-0.3, -0.25) is 10.1 Å². The number of nitrogens with zero attached hydrogens (tertiary/aromatic N) is 3. The van der Waals surface area contributed by atoms with Crippen LogP contribution in [0, 0.1) is 10.1 Å². The summed E-state index contributed by atoms with van der Waals surface area (Å²) in [5.74, 6) is 0. The molecule has 1 aromatic heterocycles. The molecule has 0 N–H and O–H groups in total. The third-order valence-electron chi connectivity index (χ3n) is 3.82. The maximum absolute atomic E-state index is 10.7. The number of fused-ring (bicyclic) bond motifs is 1. The molecule has 0 saturated carbocycles. The molecule has 1 fully saturated rings. The zero-order valence-electron chi connectivity index (χ0n) is 10.8. The van der Waals surface area contributed by atoms with Crippen molar-refractivity contribution in [2.45, 2.75) is 19.4 Å². The molecule has 5 nitrogen and oxygen atoms in total. The summed E-state index contributed by atoms with van der Waals surface area (Å²) >= 11 is 0. The first-order valence-corrected chi connectivity index (χ1v) is 6.70. The fourth-order valence-corrected chi connectivity index (χ4v) is 2.75. The van der Waals surface area contributed by atoms with Crippen molar-refractivity contribution in [3.8, 4) is 0 Å². The van der Waals surface area contributed by atoms with Crippen molar-refractivity contribution in [2.75, 3.05) is 19.6 Å². The maximum Gasteiger partial charge on any atom is 0.270 e. The molecule has 1 aliphatic heterocycles. The number of non-ortho nitro benzene ring substituents is 1. The Morgan fingerprint density at radius 2 is 1.95 bits per heavy atom. The zero-order valence-corrected chi connectivity index (χ0v) is 10.8. The SMILES string of the molecule is O=[N+]([O-])c1ccc2c(ccn2CCN2CCCC2)c1. The minimum atomic E-state index is -0.346. The number of nitro benzene ring substituents is 1. The molecule has 5 heteroatoms. The van der Waals surface area contributed by atoms with Crippen LogP contribution in [0.5, 0.6) is 0 Å². The molecule has 100 valence electrons. The van der Waals surface area contributed by atoms with Gasteiger partial charge in [0.05, 0.1) is 4.92 Å². The van der Waals surface area contributed by atoms with Crippen molar-refractivity contribution in [2.24, 2.45) is 0 Å². The smallest absolute Gasteiger partial charge is 0.270 e. The van der Waals surface area contributed by atoms with Gasteiger partial charge < -0.3 is 9.47 Å².